The molecule has 3 heteroatoms. The standard InChI is InChI=1S/C19H27NO2/c21-18(14-20-12-4-1-5-13-20)15-22-19-10-8-17(9-11-19)16-6-2-3-7-16/h2,6,8-11,16,18,21H,1,3-5,7,12-15H2/t16-,18-/m1/s1. The summed E-state index contributed by atoms with van der Waals surface area (Å²) in [4.78, 5) is 2.34. The molecule has 0 aromatic heterocycles. The van der Waals surface area contributed by atoms with Crippen LogP contribution in [-0.4, -0.2) is 42.4 Å². The molecular formula is C19H27NO2. The van der Waals surface area contributed by atoms with Crippen LogP contribution in [0.4, 0.5) is 0 Å². The first-order valence-electron chi connectivity index (χ1n) is 8.61. The number of β-amino-alcohol motifs (C(OH)–C–C–N with tert-alkyl or cyclic N) is 1. The highest BCUT2D eigenvalue weighted by atomic mass is 16.5. The minimum absolute atomic E-state index is 0.374. The van der Waals surface area contributed by atoms with Crippen molar-refractivity contribution in [2.75, 3.05) is 26.2 Å². The first-order valence-corrected chi connectivity index (χ1v) is 8.61. The molecule has 1 fully saturated rings. The summed E-state index contributed by atoms with van der Waals surface area (Å²) in [5.74, 6) is 1.42. The molecule has 0 bridgehead atoms. The minimum atomic E-state index is -0.407. The number of hydrogen-bond acceptors (Lipinski definition) is 3. The summed E-state index contributed by atoms with van der Waals surface area (Å²) in [5.41, 5.74) is 1.36. The second kappa shape index (κ2) is 7.80. The molecule has 0 spiro atoms. The van der Waals surface area contributed by atoms with Gasteiger partial charge in [-0.25, -0.2) is 0 Å². The Labute approximate surface area is 133 Å². The summed E-state index contributed by atoms with van der Waals surface area (Å²) in [7, 11) is 0. The van der Waals surface area contributed by atoms with Gasteiger partial charge in [-0.1, -0.05) is 30.7 Å². The lowest BCUT2D eigenvalue weighted by Gasteiger charge is -2.28. The molecule has 0 unspecified atom stereocenters. The van der Waals surface area contributed by atoms with Gasteiger partial charge in [0.05, 0.1) is 0 Å². The van der Waals surface area contributed by atoms with Gasteiger partial charge >= 0.3 is 0 Å². The molecule has 120 valence electrons. The predicted octanol–water partition coefficient (Wildman–Crippen LogP) is 3.35. The molecule has 22 heavy (non-hydrogen) atoms. The molecule has 0 saturated carbocycles. The largest absolute Gasteiger partial charge is 0.491 e. The van der Waals surface area contributed by atoms with Gasteiger partial charge in [-0.2, -0.15) is 0 Å². The lowest BCUT2D eigenvalue weighted by molar-refractivity contribution is 0.0617. The molecule has 1 aromatic carbocycles. The Morgan fingerprint density at radius 1 is 1.14 bits per heavy atom. The van der Waals surface area contributed by atoms with Crippen LogP contribution in [0.5, 0.6) is 5.75 Å². The molecule has 0 amide bonds. The zero-order valence-corrected chi connectivity index (χ0v) is 13.3. The number of aliphatic hydroxyl groups is 1. The third-order valence-electron chi connectivity index (χ3n) is 4.68. The topological polar surface area (TPSA) is 32.7 Å². The van der Waals surface area contributed by atoms with Gasteiger partial charge < -0.3 is 14.7 Å². The average Bonchev–Trinajstić information content (AvgIpc) is 3.09. The van der Waals surface area contributed by atoms with Gasteiger partial charge in [0.25, 0.3) is 0 Å². The second-order valence-corrected chi connectivity index (χ2v) is 6.51. The van der Waals surface area contributed by atoms with Gasteiger partial charge in [0, 0.05) is 12.5 Å². The molecule has 3 nitrogen and oxygen atoms in total. The van der Waals surface area contributed by atoms with Crippen molar-refractivity contribution in [3.05, 3.63) is 42.0 Å². The highest BCUT2D eigenvalue weighted by molar-refractivity contribution is 5.32. The van der Waals surface area contributed by atoms with Crippen LogP contribution >= 0.6 is 0 Å². The second-order valence-electron chi connectivity index (χ2n) is 6.51. The monoisotopic (exact) mass is 301 g/mol. The van der Waals surface area contributed by atoms with Crippen molar-refractivity contribution in [1.29, 1.82) is 0 Å². The van der Waals surface area contributed by atoms with E-state index in [-0.39, 0.29) is 0 Å². The maximum Gasteiger partial charge on any atom is 0.119 e. The fourth-order valence-corrected chi connectivity index (χ4v) is 3.41. The van der Waals surface area contributed by atoms with E-state index < -0.39 is 6.10 Å². The molecule has 1 N–H and O–H groups in total. The fraction of sp³-hybridized carbons (Fsp3) is 0.579. The number of piperidine rings is 1. The third kappa shape index (κ3) is 4.34. The van der Waals surface area contributed by atoms with E-state index in [1.165, 1.54) is 37.7 Å². The van der Waals surface area contributed by atoms with Crippen molar-refractivity contribution in [1.82, 2.24) is 4.90 Å². The van der Waals surface area contributed by atoms with E-state index in [1.54, 1.807) is 0 Å². The molecule has 1 aromatic rings. The van der Waals surface area contributed by atoms with E-state index >= 15 is 0 Å². The number of aliphatic hydroxyl groups excluding tert-OH is 1. The molecule has 1 aliphatic heterocycles. The van der Waals surface area contributed by atoms with Crippen LogP contribution in [0.2, 0.25) is 0 Å². The van der Waals surface area contributed by atoms with Crippen LogP contribution in [0.15, 0.2) is 36.4 Å². The van der Waals surface area contributed by atoms with E-state index in [2.05, 4.69) is 29.2 Å². The number of allylic oxidation sites excluding steroid dienone is 2. The predicted molar refractivity (Wildman–Crippen MR) is 89.3 cm³/mol. The quantitative estimate of drug-likeness (QED) is 0.818. The Morgan fingerprint density at radius 3 is 2.59 bits per heavy atom. The smallest absolute Gasteiger partial charge is 0.119 e. The van der Waals surface area contributed by atoms with E-state index in [4.69, 9.17) is 4.74 Å². The summed E-state index contributed by atoms with van der Waals surface area (Å²) in [6, 6.07) is 8.34. The van der Waals surface area contributed by atoms with Gasteiger partial charge in [-0.15, -0.1) is 0 Å². The number of benzene rings is 1. The van der Waals surface area contributed by atoms with Gasteiger partial charge in [0.15, 0.2) is 0 Å². The number of nitrogens with zero attached hydrogens (tertiary/aromatic N) is 1. The van der Waals surface area contributed by atoms with E-state index in [0.717, 1.165) is 25.4 Å². The van der Waals surface area contributed by atoms with Crippen molar-refractivity contribution in [2.45, 2.75) is 44.1 Å². The van der Waals surface area contributed by atoms with Crippen LogP contribution in [0.25, 0.3) is 0 Å². The Kier molecular flexibility index (Phi) is 5.52. The third-order valence-corrected chi connectivity index (χ3v) is 4.68. The summed E-state index contributed by atoms with van der Waals surface area (Å²) >= 11 is 0. The van der Waals surface area contributed by atoms with Crippen LogP contribution in [0, 0.1) is 0 Å². The van der Waals surface area contributed by atoms with Crippen LogP contribution in [0.3, 0.4) is 0 Å². The highest BCUT2D eigenvalue weighted by Crippen LogP contribution is 2.29. The van der Waals surface area contributed by atoms with Gasteiger partial charge in [0.2, 0.25) is 0 Å². The average molecular weight is 301 g/mol. The summed E-state index contributed by atoms with van der Waals surface area (Å²) in [6.45, 7) is 3.32. The van der Waals surface area contributed by atoms with E-state index in [1.807, 2.05) is 12.1 Å². The Balaban J connectivity index is 1.43. The van der Waals surface area contributed by atoms with Crippen LogP contribution < -0.4 is 4.74 Å². The lowest BCUT2D eigenvalue weighted by atomic mass is 9.99. The maximum atomic E-state index is 10.1. The SMILES string of the molecule is O[C@@H](COc1ccc([C@@H]2C=CCC2)cc1)CN1CCCCC1. The zero-order valence-electron chi connectivity index (χ0n) is 13.3. The molecular weight excluding hydrogens is 274 g/mol. The highest BCUT2D eigenvalue weighted by Gasteiger charge is 2.15. The number of hydrogen-bond donors (Lipinski definition) is 1. The van der Waals surface area contributed by atoms with E-state index in [0.29, 0.717) is 12.5 Å². The van der Waals surface area contributed by atoms with Crippen LogP contribution in [0.1, 0.15) is 43.6 Å². The summed E-state index contributed by atoms with van der Waals surface area (Å²) in [5, 5.41) is 10.1. The van der Waals surface area contributed by atoms with Crippen molar-refractivity contribution < 1.29 is 9.84 Å². The Bertz CT molecular complexity index is 477. The van der Waals surface area contributed by atoms with E-state index in [9.17, 15) is 5.11 Å². The Morgan fingerprint density at radius 2 is 1.91 bits per heavy atom. The molecule has 0 radical (unpaired) electrons. The lowest BCUT2D eigenvalue weighted by Crippen LogP contribution is -2.38. The number of likely N-dealkylation sites (tertiary alicyclic amines) is 1. The minimum Gasteiger partial charge on any atom is -0.491 e. The normalized spacial score (nSPS) is 23.6. The number of rotatable bonds is 6. The van der Waals surface area contributed by atoms with Gasteiger partial charge in [0.1, 0.15) is 18.5 Å². The van der Waals surface area contributed by atoms with Crippen molar-refractivity contribution in [3.63, 3.8) is 0 Å². The molecule has 1 saturated heterocycles. The van der Waals surface area contributed by atoms with Crippen molar-refractivity contribution in [3.8, 4) is 5.75 Å². The van der Waals surface area contributed by atoms with Crippen molar-refractivity contribution >= 4 is 0 Å². The molecule has 3 rings (SSSR count). The maximum absolute atomic E-state index is 10.1. The first kappa shape index (κ1) is 15.6. The summed E-state index contributed by atoms with van der Waals surface area (Å²) < 4.78 is 5.73. The zero-order chi connectivity index (χ0) is 15.2. The molecule has 2 atom stereocenters. The number of ether oxygens (including phenoxy) is 1. The van der Waals surface area contributed by atoms with Gasteiger partial charge in [-0.05, 0) is 56.5 Å². The fourth-order valence-electron chi connectivity index (χ4n) is 3.41. The van der Waals surface area contributed by atoms with Crippen molar-refractivity contribution in [2.24, 2.45) is 0 Å². The first-order chi connectivity index (χ1) is 10.8. The van der Waals surface area contributed by atoms with Crippen LogP contribution in [-0.2, 0) is 0 Å². The molecule has 1 aliphatic carbocycles. The summed E-state index contributed by atoms with van der Waals surface area (Å²) in [6.07, 6.45) is 10.4. The Hall–Kier alpha value is -1.32. The van der Waals surface area contributed by atoms with Gasteiger partial charge in [-0.3, -0.25) is 0 Å². The molecule has 2 aliphatic rings. The molecule has 1 heterocycles.